The van der Waals surface area contributed by atoms with E-state index in [2.05, 4.69) is 9.97 Å². The first-order chi connectivity index (χ1) is 6.57. The second kappa shape index (κ2) is 3.29. The molecule has 0 N–H and O–H groups in total. The van der Waals surface area contributed by atoms with Crippen LogP contribution in [0.3, 0.4) is 0 Å². The SMILES string of the molecule is Cc1cnc([C@@H]2COC(C)(C)O2)cn1. The Balaban J connectivity index is 2.14. The van der Waals surface area contributed by atoms with Gasteiger partial charge in [0.05, 0.1) is 24.2 Å². The van der Waals surface area contributed by atoms with Crippen molar-refractivity contribution in [3.63, 3.8) is 0 Å². The van der Waals surface area contributed by atoms with Gasteiger partial charge in [-0.25, -0.2) is 0 Å². The Bertz CT molecular complexity index is 321. The largest absolute Gasteiger partial charge is 0.347 e. The second-order valence-electron chi connectivity index (χ2n) is 3.90. The molecule has 1 fully saturated rings. The minimum Gasteiger partial charge on any atom is -0.347 e. The zero-order chi connectivity index (χ0) is 10.2. The van der Waals surface area contributed by atoms with Crippen molar-refractivity contribution in [2.75, 3.05) is 6.61 Å². The minimum atomic E-state index is -0.503. The molecular formula is C10H14N2O2. The van der Waals surface area contributed by atoms with Gasteiger partial charge in [-0.3, -0.25) is 9.97 Å². The Morgan fingerprint density at radius 2 is 2.14 bits per heavy atom. The van der Waals surface area contributed by atoms with Crippen LogP contribution in [0.25, 0.3) is 0 Å². The average Bonchev–Trinajstić information content (AvgIpc) is 2.47. The molecule has 1 aromatic heterocycles. The molecule has 0 saturated carbocycles. The molecule has 1 saturated heterocycles. The molecule has 1 aliphatic rings. The fourth-order valence-corrected chi connectivity index (χ4v) is 1.40. The van der Waals surface area contributed by atoms with E-state index in [-0.39, 0.29) is 6.10 Å². The molecule has 2 heterocycles. The fourth-order valence-electron chi connectivity index (χ4n) is 1.40. The van der Waals surface area contributed by atoms with Crippen molar-refractivity contribution in [3.05, 3.63) is 23.8 Å². The van der Waals surface area contributed by atoms with Crippen LogP contribution in [0.15, 0.2) is 12.4 Å². The van der Waals surface area contributed by atoms with Crippen molar-refractivity contribution < 1.29 is 9.47 Å². The van der Waals surface area contributed by atoms with Gasteiger partial charge in [-0.2, -0.15) is 0 Å². The summed E-state index contributed by atoms with van der Waals surface area (Å²) in [6.45, 7) is 6.25. The van der Waals surface area contributed by atoms with Crippen LogP contribution in [-0.4, -0.2) is 22.4 Å². The smallest absolute Gasteiger partial charge is 0.163 e. The second-order valence-corrected chi connectivity index (χ2v) is 3.90. The summed E-state index contributed by atoms with van der Waals surface area (Å²) in [6.07, 6.45) is 3.40. The number of ether oxygens (including phenoxy) is 2. The number of rotatable bonds is 1. The summed E-state index contributed by atoms with van der Waals surface area (Å²) in [5, 5.41) is 0. The average molecular weight is 194 g/mol. The molecule has 76 valence electrons. The van der Waals surface area contributed by atoms with Crippen molar-refractivity contribution in [2.24, 2.45) is 0 Å². The van der Waals surface area contributed by atoms with Crippen LogP contribution >= 0.6 is 0 Å². The topological polar surface area (TPSA) is 44.2 Å². The molecule has 0 radical (unpaired) electrons. The molecule has 0 aliphatic carbocycles. The van der Waals surface area contributed by atoms with Crippen LogP contribution in [-0.2, 0) is 9.47 Å². The first kappa shape index (κ1) is 9.55. The fraction of sp³-hybridized carbons (Fsp3) is 0.600. The van der Waals surface area contributed by atoms with E-state index in [1.54, 1.807) is 12.4 Å². The highest BCUT2D eigenvalue weighted by molar-refractivity contribution is 5.05. The standard InChI is InChI=1S/C10H14N2O2/c1-7-4-12-8(5-11-7)9-6-13-10(2,3)14-9/h4-5,9H,6H2,1-3H3/t9-/m0/s1. The zero-order valence-electron chi connectivity index (χ0n) is 8.65. The molecule has 0 aromatic carbocycles. The summed E-state index contributed by atoms with van der Waals surface area (Å²) in [5.74, 6) is -0.503. The highest BCUT2D eigenvalue weighted by Crippen LogP contribution is 2.31. The van der Waals surface area contributed by atoms with E-state index in [4.69, 9.17) is 9.47 Å². The lowest BCUT2D eigenvalue weighted by Crippen LogP contribution is -2.19. The Hall–Kier alpha value is -1.00. The Labute approximate surface area is 83.3 Å². The molecule has 1 aromatic rings. The number of nitrogens with zero attached hydrogens (tertiary/aromatic N) is 2. The third-order valence-electron chi connectivity index (χ3n) is 2.14. The van der Waals surface area contributed by atoms with E-state index in [0.29, 0.717) is 6.61 Å². The molecule has 4 nitrogen and oxygen atoms in total. The van der Waals surface area contributed by atoms with Gasteiger partial charge >= 0.3 is 0 Å². The van der Waals surface area contributed by atoms with Gasteiger partial charge in [0.2, 0.25) is 0 Å². The molecule has 0 bridgehead atoms. The van der Waals surface area contributed by atoms with Crippen molar-refractivity contribution in [1.82, 2.24) is 9.97 Å². The number of aryl methyl sites for hydroxylation is 1. The molecule has 0 unspecified atom stereocenters. The van der Waals surface area contributed by atoms with Gasteiger partial charge in [-0.05, 0) is 20.8 Å². The maximum Gasteiger partial charge on any atom is 0.163 e. The highest BCUT2D eigenvalue weighted by Gasteiger charge is 2.34. The van der Waals surface area contributed by atoms with Crippen LogP contribution in [0, 0.1) is 6.92 Å². The highest BCUT2D eigenvalue weighted by atomic mass is 16.7. The Kier molecular flexibility index (Phi) is 2.25. The normalized spacial score (nSPS) is 25.2. The zero-order valence-corrected chi connectivity index (χ0v) is 8.65. The summed E-state index contributed by atoms with van der Waals surface area (Å²) in [5.41, 5.74) is 1.74. The van der Waals surface area contributed by atoms with E-state index in [0.717, 1.165) is 11.4 Å². The van der Waals surface area contributed by atoms with Crippen LogP contribution in [0.5, 0.6) is 0 Å². The van der Waals surface area contributed by atoms with E-state index in [1.165, 1.54) is 0 Å². The third-order valence-corrected chi connectivity index (χ3v) is 2.14. The molecule has 1 atom stereocenters. The van der Waals surface area contributed by atoms with Gasteiger partial charge in [-0.15, -0.1) is 0 Å². The maximum atomic E-state index is 5.65. The summed E-state index contributed by atoms with van der Waals surface area (Å²) in [6, 6.07) is 0. The molecule has 0 spiro atoms. The first-order valence-corrected chi connectivity index (χ1v) is 4.67. The molecular weight excluding hydrogens is 180 g/mol. The van der Waals surface area contributed by atoms with Gasteiger partial charge in [0.15, 0.2) is 5.79 Å². The van der Waals surface area contributed by atoms with E-state index in [9.17, 15) is 0 Å². The third kappa shape index (κ3) is 1.91. The molecule has 4 heteroatoms. The van der Waals surface area contributed by atoms with E-state index < -0.39 is 5.79 Å². The van der Waals surface area contributed by atoms with Crippen LogP contribution < -0.4 is 0 Å². The summed E-state index contributed by atoms with van der Waals surface area (Å²) in [4.78, 5) is 8.43. The lowest BCUT2D eigenvalue weighted by Gasteiger charge is -2.16. The number of hydrogen-bond acceptors (Lipinski definition) is 4. The van der Waals surface area contributed by atoms with Gasteiger partial charge in [0.25, 0.3) is 0 Å². The van der Waals surface area contributed by atoms with Crippen molar-refractivity contribution in [2.45, 2.75) is 32.7 Å². The summed E-state index contributed by atoms with van der Waals surface area (Å²) >= 11 is 0. The predicted octanol–water partition coefficient (Wildman–Crippen LogP) is 1.61. The summed E-state index contributed by atoms with van der Waals surface area (Å²) < 4.78 is 11.1. The molecule has 2 rings (SSSR count). The number of aromatic nitrogens is 2. The Morgan fingerprint density at radius 1 is 1.36 bits per heavy atom. The minimum absolute atomic E-state index is 0.0851. The van der Waals surface area contributed by atoms with Crippen LogP contribution in [0.1, 0.15) is 31.3 Å². The molecule has 0 amide bonds. The van der Waals surface area contributed by atoms with Gasteiger partial charge in [0, 0.05) is 6.20 Å². The maximum absolute atomic E-state index is 5.65. The lowest BCUT2D eigenvalue weighted by atomic mass is 10.3. The van der Waals surface area contributed by atoms with Gasteiger partial charge in [-0.1, -0.05) is 0 Å². The predicted molar refractivity (Wildman–Crippen MR) is 50.6 cm³/mol. The Morgan fingerprint density at radius 3 is 2.64 bits per heavy atom. The van der Waals surface area contributed by atoms with Crippen LogP contribution in [0.2, 0.25) is 0 Å². The molecule has 1 aliphatic heterocycles. The van der Waals surface area contributed by atoms with E-state index >= 15 is 0 Å². The first-order valence-electron chi connectivity index (χ1n) is 4.67. The number of hydrogen-bond donors (Lipinski definition) is 0. The van der Waals surface area contributed by atoms with Crippen LogP contribution in [0.4, 0.5) is 0 Å². The summed E-state index contributed by atoms with van der Waals surface area (Å²) in [7, 11) is 0. The quantitative estimate of drug-likeness (QED) is 0.681. The van der Waals surface area contributed by atoms with Crippen molar-refractivity contribution in [1.29, 1.82) is 0 Å². The monoisotopic (exact) mass is 194 g/mol. The van der Waals surface area contributed by atoms with Crippen molar-refractivity contribution >= 4 is 0 Å². The van der Waals surface area contributed by atoms with E-state index in [1.807, 2.05) is 20.8 Å². The van der Waals surface area contributed by atoms with Crippen molar-refractivity contribution in [3.8, 4) is 0 Å². The molecule has 14 heavy (non-hydrogen) atoms. The van der Waals surface area contributed by atoms with Gasteiger partial charge < -0.3 is 9.47 Å². The lowest BCUT2D eigenvalue weighted by molar-refractivity contribution is -0.139. The van der Waals surface area contributed by atoms with Gasteiger partial charge in [0.1, 0.15) is 6.10 Å².